The zero-order valence-corrected chi connectivity index (χ0v) is 9.55. The van der Waals surface area contributed by atoms with Crippen molar-refractivity contribution in [3.05, 3.63) is 22.6 Å². The van der Waals surface area contributed by atoms with Gasteiger partial charge in [0.1, 0.15) is 11.2 Å². The summed E-state index contributed by atoms with van der Waals surface area (Å²) in [6, 6.07) is 2.75. The van der Waals surface area contributed by atoms with E-state index in [-0.39, 0.29) is 22.6 Å². The van der Waals surface area contributed by atoms with Gasteiger partial charge in [-0.15, -0.1) is 0 Å². The van der Waals surface area contributed by atoms with Crippen LogP contribution in [0.3, 0.4) is 0 Å². The molecule has 1 atom stereocenters. The second-order valence-electron chi connectivity index (χ2n) is 3.25. The van der Waals surface area contributed by atoms with Gasteiger partial charge in [0.25, 0.3) is 0 Å². The van der Waals surface area contributed by atoms with Gasteiger partial charge < -0.3 is 11.1 Å². The van der Waals surface area contributed by atoms with Gasteiger partial charge in [-0.25, -0.2) is 9.37 Å². The van der Waals surface area contributed by atoms with Crippen molar-refractivity contribution in [3.8, 4) is 6.07 Å². The van der Waals surface area contributed by atoms with E-state index in [1.165, 1.54) is 0 Å². The van der Waals surface area contributed by atoms with E-state index in [0.29, 0.717) is 6.54 Å². The van der Waals surface area contributed by atoms with E-state index in [0.717, 1.165) is 12.5 Å². The van der Waals surface area contributed by atoms with E-state index >= 15 is 0 Å². The number of anilines is 1. The predicted octanol–water partition coefficient (Wildman–Crippen LogP) is 1.89. The number of nitriles is 1. The standard InChI is InChI=1S/C10H12ClFN4/c1-2-7(5-14)15-10-8(12)3-6(4-13)9(11)16-10/h3,7H,2,5,14H2,1H3,(H,15,16). The normalized spacial score (nSPS) is 11.9. The minimum absolute atomic E-state index is 0.0155. The predicted molar refractivity (Wildman–Crippen MR) is 60.7 cm³/mol. The van der Waals surface area contributed by atoms with Crippen LogP contribution >= 0.6 is 11.6 Å². The molecule has 16 heavy (non-hydrogen) atoms. The summed E-state index contributed by atoms with van der Waals surface area (Å²) in [4.78, 5) is 3.78. The Balaban J connectivity index is 2.98. The highest BCUT2D eigenvalue weighted by atomic mass is 35.5. The van der Waals surface area contributed by atoms with Gasteiger partial charge in [-0.05, 0) is 12.5 Å². The Hall–Kier alpha value is -1.38. The Bertz CT molecular complexity index is 412. The van der Waals surface area contributed by atoms with Gasteiger partial charge >= 0.3 is 0 Å². The molecular formula is C10H12ClFN4. The van der Waals surface area contributed by atoms with Crippen molar-refractivity contribution in [2.45, 2.75) is 19.4 Å². The van der Waals surface area contributed by atoms with Crippen LogP contribution in [0, 0.1) is 17.1 Å². The molecule has 0 spiro atoms. The molecule has 1 heterocycles. The van der Waals surface area contributed by atoms with E-state index < -0.39 is 5.82 Å². The molecule has 0 amide bonds. The molecule has 0 radical (unpaired) electrons. The van der Waals surface area contributed by atoms with E-state index in [1.54, 1.807) is 6.07 Å². The second-order valence-corrected chi connectivity index (χ2v) is 3.61. The smallest absolute Gasteiger partial charge is 0.166 e. The highest BCUT2D eigenvalue weighted by Crippen LogP contribution is 2.20. The summed E-state index contributed by atoms with van der Waals surface area (Å²) in [6.45, 7) is 2.29. The molecule has 1 rings (SSSR count). The van der Waals surface area contributed by atoms with Crippen molar-refractivity contribution in [3.63, 3.8) is 0 Å². The maximum atomic E-state index is 13.5. The number of hydrogen-bond acceptors (Lipinski definition) is 4. The Morgan fingerprint density at radius 1 is 1.75 bits per heavy atom. The fourth-order valence-corrected chi connectivity index (χ4v) is 1.35. The Labute approximate surface area is 98.2 Å². The fourth-order valence-electron chi connectivity index (χ4n) is 1.17. The molecule has 1 aromatic heterocycles. The summed E-state index contributed by atoms with van der Waals surface area (Å²) >= 11 is 5.70. The van der Waals surface area contributed by atoms with Gasteiger partial charge in [0, 0.05) is 12.6 Å². The van der Waals surface area contributed by atoms with Crippen molar-refractivity contribution < 1.29 is 4.39 Å². The fraction of sp³-hybridized carbons (Fsp3) is 0.400. The Morgan fingerprint density at radius 3 is 2.94 bits per heavy atom. The summed E-state index contributed by atoms with van der Waals surface area (Å²) in [5.74, 6) is -0.575. The molecule has 4 nitrogen and oxygen atoms in total. The van der Waals surface area contributed by atoms with Crippen molar-refractivity contribution in [1.82, 2.24) is 4.98 Å². The largest absolute Gasteiger partial charge is 0.364 e. The lowest BCUT2D eigenvalue weighted by atomic mass is 10.2. The molecule has 6 heteroatoms. The van der Waals surface area contributed by atoms with Gasteiger partial charge in [0.2, 0.25) is 0 Å². The third-order valence-corrected chi connectivity index (χ3v) is 2.46. The first-order chi connectivity index (χ1) is 7.62. The van der Waals surface area contributed by atoms with Crippen LogP contribution in [-0.4, -0.2) is 17.6 Å². The number of hydrogen-bond donors (Lipinski definition) is 2. The zero-order valence-electron chi connectivity index (χ0n) is 8.80. The minimum Gasteiger partial charge on any atom is -0.364 e. The number of nitrogens with zero attached hydrogens (tertiary/aromatic N) is 2. The SMILES string of the molecule is CCC(CN)Nc1nc(Cl)c(C#N)cc1F. The Morgan fingerprint density at radius 2 is 2.44 bits per heavy atom. The maximum absolute atomic E-state index is 13.5. The lowest BCUT2D eigenvalue weighted by Gasteiger charge is -2.15. The monoisotopic (exact) mass is 242 g/mol. The van der Waals surface area contributed by atoms with Gasteiger partial charge in [-0.1, -0.05) is 18.5 Å². The first-order valence-electron chi connectivity index (χ1n) is 4.85. The van der Waals surface area contributed by atoms with E-state index in [4.69, 9.17) is 22.6 Å². The van der Waals surface area contributed by atoms with E-state index in [2.05, 4.69) is 10.3 Å². The van der Waals surface area contributed by atoms with Crippen molar-refractivity contribution >= 4 is 17.4 Å². The van der Waals surface area contributed by atoms with Gasteiger partial charge in [0.15, 0.2) is 11.6 Å². The van der Waals surface area contributed by atoms with Crippen molar-refractivity contribution in [2.75, 3.05) is 11.9 Å². The average molecular weight is 243 g/mol. The Kier molecular flexibility index (Phi) is 4.47. The molecule has 0 bridgehead atoms. The number of halogens is 2. The summed E-state index contributed by atoms with van der Waals surface area (Å²) in [5.41, 5.74) is 5.50. The van der Waals surface area contributed by atoms with Crippen LogP contribution in [0.2, 0.25) is 5.15 Å². The average Bonchev–Trinajstić information content (AvgIpc) is 2.29. The molecule has 0 saturated heterocycles. The number of pyridine rings is 1. The van der Waals surface area contributed by atoms with Crippen LogP contribution in [-0.2, 0) is 0 Å². The lowest BCUT2D eigenvalue weighted by molar-refractivity contribution is 0.613. The summed E-state index contributed by atoms with van der Waals surface area (Å²) < 4.78 is 13.5. The molecular weight excluding hydrogens is 231 g/mol. The van der Waals surface area contributed by atoms with E-state index in [1.807, 2.05) is 6.92 Å². The molecule has 86 valence electrons. The molecule has 0 aliphatic carbocycles. The van der Waals surface area contributed by atoms with Crippen molar-refractivity contribution in [2.24, 2.45) is 5.73 Å². The molecule has 0 fully saturated rings. The quantitative estimate of drug-likeness (QED) is 0.791. The molecule has 0 saturated carbocycles. The summed E-state index contributed by atoms with van der Waals surface area (Å²) in [5, 5.41) is 11.4. The maximum Gasteiger partial charge on any atom is 0.166 e. The van der Waals surface area contributed by atoms with Crippen LogP contribution in [0.15, 0.2) is 6.07 Å². The first-order valence-corrected chi connectivity index (χ1v) is 5.22. The van der Waals surface area contributed by atoms with Crippen LogP contribution in [0.25, 0.3) is 0 Å². The molecule has 0 aliphatic heterocycles. The van der Waals surface area contributed by atoms with Crippen LogP contribution in [0.4, 0.5) is 10.2 Å². The molecule has 1 aromatic rings. The van der Waals surface area contributed by atoms with Crippen molar-refractivity contribution in [1.29, 1.82) is 5.26 Å². The molecule has 3 N–H and O–H groups in total. The molecule has 0 aliphatic rings. The molecule has 0 aromatic carbocycles. The highest BCUT2D eigenvalue weighted by Gasteiger charge is 2.12. The lowest BCUT2D eigenvalue weighted by Crippen LogP contribution is -2.28. The third kappa shape index (κ3) is 2.81. The topological polar surface area (TPSA) is 74.7 Å². The molecule has 1 unspecified atom stereocenters. The minimum atomic E-state index is -0.604. The summed E-state index contributed by atoms with van der Waals surface area (Å²) in [7, 11) is 0. The third-order valence-electron chi connectivity index (χ3n) is 2.17. The van der Waals surface area contributed by atoms with Gasteiger partial charge in [0.05, 0.1) is 5.56 Å². The number of nitrogens with one attached hydrogen (secondary N) is 1. The van der Waals surface area contributed by atoms with Crippen LogP contribution < -0.4 is 11.1 Å². The highest BCUT2D eigenvalue weighted by molar-refractivity contribution is 6.30. The van der Waals surface area contributed by atoms with Gasteiger partial charge in [-0.3, -0.25) is 0 Å². The number of aromatic nitrogens is 1. The van der Waals surface area contributed by atoms with Crippen LogP contribution in [0.5, 0.6) is 0 Å². The zero-order chi connectivity index (χ0) is 12.1. The summed E-state index contributed by atoms with van der Waals surface area (Å²) in [6.07, 6.45) is 0.745. The number of rotatable bonds is 4. The number of nitrogens with two attached hydrogens (primary N) is 1. The van der Waals surface area contributed by atoms with Crippen LogP contribution in [0.1, 0.15) is 18.9 Å². The van der Waals surface area contributed by atoms with Gasteiger partial charge in [-0.2, -0.15) is 5.26 Å². The first kappa shape index (κ1) is 12.7. The van der Waals surface area contributed by atoms with E-state index in [9.17, 15) is 4.39 Å². The second kappa shape index (κ2) is 5.64.